The van der Waals surface area contributed by atoms with Crippen LogP contribution in [0.4, 0.5) is 4.79 Å². The molecule has 4 aliphatic rings. The molecule has 14 heteroatoms. The van der Waals surface area contributed by atoms with Crippen LogP contribution in [-0.2, 0) is 9.59 Å². The number of carboxylic acid groups (broad SMARTS) is 1. The highest BCUT2D eigenvalue weighted by molar-refractivity contribution is 5.90. The Balaban J connectivity index is 0.912. The van der Waals surface area contributed by atoms with Gasteiger partial charge in [-0.05, 0) is 72.6 Å². The van der Waals surface area contributed by atoms with Gasteiger partial charge in [-0.25, -0.2) is 14.8 Å². The van der Waals surface area contributed by atoms with E-state index in [0.717, 1.165) is 90.4 Å². The molecule has 1 saturated carbocycles. The van der Waals surface area contributed by atoms with Crippen molar-refractivity contribution in [3.63, 3.8) is 0 Å². The van der Waals surface area contributed by atoms with E-state index in [1.807, 2.05) is 11.1 Å². The van der Waals surface area contributed by atoms with Crippen LogP contribution in [0, 0.1) is 11.8 Å². The summed E-state index contributed by atoms with van der Waals surface area (Å²) in [6.07, 6.45) is 7.64. The number of imidazole rings is 2. The Morgan fingerprint density at radius 3 is 1.74 bits per heavy atom. The molecule has 2 aromatic heterocycles. The van der Waals surface area contributed by atoms with Crippen molar-refractivity contribution in [2.75, 3.05) is 26.2 Å². The predicted molar refractivity (Wildman–Crippen MR) is 204 cm³/mol. The van der Waals surface area contributed by atoms with Gasteiger partial charge in [-0.15, -0.1) is 0 Å². The highest BCUT2D eigenvalue weighted by atomic mass is 16.4. The molecule has 8 rings (SSSR count). The van der Waals surface area contributed by atoms with Gasteiger partial charge in [0.1, 0.15) is 23.7 Å². The predicted octanol–water partition coefficient (Wildman–Crippen LogP) is 5.08. The Labute approximate surface area is 314 Å². The fourth-order valence-electron chi connectivity index (χ4n) is 8.08. The third-order valence-corrected chi connectivity index (χ3v) is 11.2. The van der Waals surface area contributed by atoms with Gasteiger partial charge in [0.15, 0.2) is 5.96 Å². The van der Waals surface area contributed by atoms with Gasteiger partial charge in [0.05, 0.1) is 42.4 Å². The Kier molecular flexibility index (Phi) is 9.82. The molecule has 6 N–H and O–H groups in total. The number of hydrogen-bond acceptors (Lipinski definition) is 8. The summed E-state index contributed by atoms with van der Waals surface area (Å²) in [5, 5.41) is 18.3. The monoisotopic (exact) mass is 732 g/mol. The quantitative estimate of drug-likeness (QED) is 0.123. The maximum Gasteiger partial charge on any atom is 0.405 e. The van der Waals surface area contributed by atoms with E-state index in [9.17, 15) is 19.5 Å². The van der Waals surface area contributed by atoms with Crippen LogP contribution in [0.15, 0.2) is 65.9 Å². The van der Waals surface area contributed by atoms with Gasteiger partial charge in [0.25, 0.3) is 0 Å². The van der Waals surface area contributed by atoms with Gasteiger partial charge in [-0.3, -0.25) is 14.6 Å². The summed E-state index contributed by atoms with van der Waals surface area (Å²) in [4.78, 5) is 63.1. The summed E-state index contributed by atoms with van der Waals surface area (Å²) in [6.45, 7) is 6.91. The molecule has 0 spiro atoms. The number of carbonyl (C=O) groups is 3. The number of likely N-dealkylation sites (tertiary alicyclic amines) is 2. The number of nitrogens with zero attached hydrogens (tertiary/aromatic N) is 5. The smallest absolute Gasteiger partial charge is 0.405 e. The number of guanidine groups is 1. The number of nitrogens with one attached hydrogen (secondary N) is 5. The van der Waals surface area contributed by atoms with Gasteiger partial charge in [0, 0.05) is 19.6 Å². The number of carbonyl (C=O) groups excluding carboxylic acids is 2. The first-order valence-electron chi connectivity index (χ1n) is 19.2. The van der Waals surface area contributed by atoms with Crippen molar-refractivity contribution in [2.45, 2.75) is 76.5 Å². The van der Waals surface area contributed by atoms with E-state index >= 15 is 0 Å². The number of H-pyrrole nitrogens is 2. The highest BCUT2D eigenvalue weighted by Gasteiger charge is 2.43. The van der Waals surface area contributed by atoms with Crippen LogP contribution in [0.2, 0.25) is 0 Å². The lowest BCUT2D eigenvalue weighted by Crippen LogP contribution is -2.53. The molecule has 3 aliphatic heterocycles. The minimum Gasteiger partial charge on any atom is -0.465 e. The summed E-state index contributed by atoms with van der Waals surface area (Å²) >= 11 is 0. The second-order valence-electron chi connectivity index (χ2n) is 15.2. The molecule has 2 aromatic carbocycles. The van der Waals surface area contributed by atoms with E-state index in [-0.39, 0.29) is 41.8 Å². The fourth-order valence-corrected chi connectivity index (χ4v) is 8.08. The second kappa shape index (κ2) is 15.0. The molecule has 4 atom stereocenters. The average molecular weight is 733 g/mol. The lowest BCUT2D eigenvalue weighted by Gasteiger charge is -2.30. The van der Waals surface area contributed by atoms with Crippen molar-refractivity contribution in [3.8, 4) is 33.6 Å². The number of aromatic amines is 2. The largest absolute Gasteiger partial charge is 0.465 e. The molecule has 3 fully saturated rings. The lowest BCUT2D eigenvalue weighted by atomic mass is 10.0. The SMILES string of the molecule is CC(C)[C@@H](NC1=NCCN1)C(=O)N1CCC[C@H]1c1ncc(-c2ccc(-c3ccc(-c4cnc([C@@H]5CCCN5C(=O)[C@@H](NC(=O)O)C5CC5)[nH]4)cc3)cc2)[nH]1. The van der Waals surface area contributed by atoms with Crippen LogP contribution in [0.1, 0.15) is 76.1 Å². The number of hydrogen-bond donors (Lipinski definition) is 6. The molecule has 5 heterocycles. The number of aliphatic imine (C=N–C) groups is 1. The minimum absolute atomic E-state index is 0.0722. The molecule has 2 saturated heterocycles. The Morgan fingerprint density at radius 2 is 1.28 bits per heavy atom. The molecular weight excluding hydrogens is 685 g/mol. The van der Waals surface area contributed by atoms with Crippen LogP contribution in [0.25, 0.3) is 33.6 Å². The second-order valence-corrected chi connectivity index (χ2v) is 15.2. The van der Waals surface area contributed by atoms with Gasteiger partial charge >= 0.3 is 6.09 Å². The summed E-state index contributed by atoms with van der Waals surface area (Å²) in [5.41, 5.74) is 5.93. The van der Waals surface area contributed by atoms with Crippen LogP contribution in [0.5, 0.6) is 0 Å². The molecule has 3 amide bonds. The van der Waals surface area contributed by atoms with Crippen LogP contribution >= 0.6 is 0 Å². The maximum atomic E-state index is 13.8. The Morgan fingerprint density at radius 1 is 0.759 bits per heavy atom. The summed E-state index contributed by atoms with van der Waals surface area (Å²) in [5.74, 6) is 2.32. The van der Waals surface area contributed by atoms with E-state index in [1.54, 1.807) is 11.1 Å². The molecule has 4 aromatic rings. The van der Waals surface area contributed by atoms with Crippen molar-refractivity contribution in [1.29, 1.82) is 0 Å². The zero-order chi connectivity index (χ0) is 37.3. The van der Waals surface area contributed by atoms with Crippen LogP contribution in [-0.4, -0.2) is 97.0 Å². The lowest BCUT2D eigenvalue weighted by molar-refractivity contribution is -0.135. The number of aromatic nitrogens is 4. The number of rotatable bonds is 11. The van der Waals surface area contributed by atoms with Crippen LogP contribution in [0.3, 0.4) is 0 Å². The van der Waals surface area contributed by atoms with E-state index in [1.165, 1.54) is 0 Å². The van der Waals surface area contributed by atoms with E-state index in [0.29, 0.717) is 25.6 Å². The average Bonchev–Trinajstić information content (AvgIpc) is 3.82. The van der Waals surface area contributed by atoms with Gasteiger partial charge in [-0.1, -0.05) is 62.4 Å². The van der Waals surface area contributed by atoms with E-state index in [4.69, 9.17) is 4.98 Å². The van der Waals surface area contributed by atoms with Crippen molar-refractivity contribution in [1.82, 2.24) is 45.7 Å². The topological polar surface area (TPSA) is 184 Å². The third kappa shape index (κ3) is 7.29. The number of amides is 3. The molecule has 282 valence electrons. The van der Waals surface area contributed by atoms with Crippen molar-refractivity contribution in [3.05, 3.63) is 72.6 Å². The minimum atomic E-state index is -1.17. The normalized spacial score (nSPS) is 20.8. The molecule has 0 bridgehead atoms. The molecule has 54 heavy (non-hydrogen) atoms. The van der Waals surface area contributed by atoms with Gasteiger partial charge in [-0.2, -0.15) is 0 Å². The first-order valence-corrected chi connectivity index (χ1v) is 19.2. The van der Waals surface area contributed by atoms with Crippen molar-refractivity contribution < 1.29 is 19.5 Å². The third-order valence-electron chi connectivity index (χ3n) is 11.2. The molecule has 14 nitrogen and oxygen atoms in total. The van der Waals surface area contributed by atoms with E-state index in [2.05, 4.69) is 98.3 Å². The first kappa shape index (κ1) is 35.4. The van der Waals surface area contributed by atoms with Crippen molar-refractivity contribution in [2.24, 2.45) is 16.8 Å². The molecular formula is C40H48N10O4. The van der Waals surface area contributed by atoms with Gasteiger partial charge in [0.2, 0.25) is 11.8 Å². The zero-order valence-corrected chi connectivity index (χ0v) is 30.7. The summed E-state index contributed by atoms with van der Waals surface area (Å²) in [7, 11) is 0. The molecule has 0 radical (unpaired) electrons. The zero-order valence-electron chi connectivity index (χ0n) is 30.7. The highest BCUT2D eigenvalue weighted by Crippen LogP contribution is 2.38. The fraction of sp³-hybridized carbons (Fsp3) is 0.450. The number of benzene rings is 2. The first-order chi connectivity index (χ1) is 26.2. The molecule has 0 unspecified atom stereocenters. The van der Waals surface area contributed by atoms with Crippen LogP contribution < -0.4 is 16.0 Å². The van der Waals surface area contributed by atoms with E-state index < -0.39 is 12.1 Å². The van der Waals surface area contributed by atoms with Crippen molar-refractivity contribution >= 4 is 23.9 Å². The standard InChI is InChI=1S/C40H48N10O4/c1-23(2)33(47-39-41-17-18-42-39)37(51)49-19-3-5-31(49)35-43-21-29(45-35)26-11-7-24(8-12-26)25-9-13-27(14-10-25)30-22-44-36(46-30)32-6-4-20-50(32)38(52)34(28-15-16-28)48-40(53)54/h7-14,21-23,28,31-34,48H,3-6,15-20H2,1-2H3,(H,43,45)(H,44,46)(H,53,54)(H2,41,42,47)/t31-,32-,33+,34-/m0/s1. The Bertz CT molecular complexity index is 2020. The Hall–Kier alpha value is -5.66. The van der Waals surface area contributed by atoms with Gasteiger partial charge < -0.3 is 40.8 Å². The maximum absolute atomic E-state index is 13.8. The summed E-state index contributed by atoms with van der Waals surface area (Å²) < 4.78 is 0. The summed E-state index contributed by atoms with van der Waals surface area (Å²) in [6, 6.07) is 15.3. The molecule has 1 aliphatic carbocycles.